The van der Waals surface area contributed by atoms with Gasteiger partial charge in [-0.2, -0.15) is 11.3 Å². The predicted molar refractivity (Wildman–Crippen MR) is 50.5 cm³/mol. The molecule has 4 heteroatoms. The Hall–Kier alpha value is -0.870. The van der Waals surface area contributed by atoms with Crippen molar-refractivity contribution in [2.45, 2.75) is 19.4 Å². The molecule has 0 saturated carbocycles. The Morgan fingerprint density at radius 2 is 2.54 bits per heavy atom. The van der Waals surface area contributed by atoms with E-state index in [-0.39, 0.29) is 12.4 Å². The highest BCUT2D eigenvalue weighted by Crippen LogP contribution is 2.19. The molecule has 72 valence electrons. The fourth-order valence-corrected chi connectivity index (χ4v) is 1.67. The molecule has 0 radical (unpaired) electrons. The Labute approximate surface area is 81.0 Å². The molecule has 3 nitrogen and oxygen atoms in total. The zero-order valence-electron chi connectivity index (χ0n) is 7.40. The third kappa shape index (κ3) is 3.16. The summed E-state index contributed by atoms with van der Waals surface area (Å²) in [4.78, 5) is 11.0. The van der Waals surface area contributed by atoms with Crippen LogP contribution < -0.4 is 0 Å². The third-order valence-corrected chi connectivity index (χ3v) is 2.29. The van der Waals surface area contributed by atoms with E-state index in [4.69, 9.17) is 4.74 Å². The molecule has 0 aliphatic carbocycles. The van der Waals surface area contributed by atoms with Crippen molar-refractivity contribution in [2.75, 3.05) is 6.61 Å². The molecule has 0 aliphatic rings. The minimum absolute atomic E-state index is 0.0323. The minimum atomic E-state index is -0.731. The molecule has 0 fully saturated rings. The fraction of sp³-hybridized carbons (Fsp3) is 0.444. The maximum atomic E-state index is 11.0. The molecule has 13 heavy (non-hydrogen) atoms. The molecule has 1 heterocycles. The fourth-order valence-electron chi connectivity index (χ4n) is 0.960. The van der Waals surface area contributed by atoms with E-state index in [2.05, 4.69) is 0 Å². The van der Waals surface area contributed by atoms with Gasteiger partial charge in [-0.3, -0.25) is 4.79 Å². The molecule has 0 amide bonds. The number of hydrogen-bond donors (Lipinski definition) is 1. The summed E-state index contributed by atoms with van der Waals surface area (Å²) in [6.45, 7) is 2.10. The summed E-state index contributed by atoms with van der Waals surface area (Å²) in [6.07, 6.45) is -0.699. The number of ether oxygens (including phenoxy) is 1. The lowest BCUT2D eigenvalue weighted by Crippen LogP contribution is -2.09. The number of aliphatic hydroxyl groups excluding tert-OH is 1. The van der Waals surface area contributed by atoms with E-state index < -0.39 is 6.10 Å². The molecule has 1 N–H and O–H groups in total. The van der Waals surface area contributed by atoms with E-state index in [0.29, 0.717) is 6.61 Å². The van der Waals surface area contributed by atoms with E-state index in [0.717, 1.165) is 5.56 Å². The van der Waals surface area contributed by atoms with Gasteiger partial charge in [-0.05, 0) is 29.3 Å². The summed E-state index contributed by atoms with van der Waals surface area (Å²) in [5.74, 6) is -0.360. The minimum Gasteiger partial charge on any atom is -0.466 e. The maximum absolute atomic E-state index is 11.0. The lowest BCUT2D eigenvalue weighted by molar-refractivity contribution is -0.145. The zero-order chi connectivity index (χ0) is 9.68. The summed E-state index contributed by atoms with van der Waals surface area (Å²) in [5, 5.41) is 13.2. The molecule has 0 bridgehead atoms. The van der Waals surface area contributed by atoms with Crippen LogP contribution in [0.5, 0.6) is 0 Å². The van der Waals surface area contributed by atoms with Gasteiger partial charge in [0.05, 0.1) is 19.1 Å². The first kappa shape index (κ1) is 10.2. The van der Waals surface area contributed by atoms with Crippen LogP contribution in [-0.2, 0) is 9.53 Å². The van der Waals surface area contributed by atoms with E-state index in [1.54, 1.807) is 13.0 Å². The molecule has 0 unspecified atom stereocenters. The number of rotatable bonds is 4. The largest absolute Gasteiger partial charge is 0.466 e. The smallest absolute Gasteiger partial charge is 0.308 e. The first-order valence-corrected chi connectivity index (χ1v) is 5.04. The Kier molecular flexibility index (Phi) is 3.92. The summed E-state index contributed by atoms with van der Waals surface area (Å²) in [6, 6.07) is 1.80. The second kappa shape index (κ2) is 4.99. The number of esters is 1. The molecular weight excluding hydrogens is 188 g/mol. The van der Waals surface area contributed by atoms with Crippen molar-refractivity contribution in [3.63, 3.8) is 0 Å². The van der Waals surface area contributed by atoms with Crippen molar-refractivity contribution in [1.29, 1.82) is 0 Å². The molecule has 1 atom stereocenters. The van der Waals surface area contributed by atoms with Gasteiger partial charge in [0.15, 0.2) is 0 Å². The molecule has 0 aromatic carbocycles. The van der Waals surface area contributed by atoms with Gasteiger partial charge in [0.25, 0.3) is 0 Å². The van der Waals surface area contributed by atoms with E-state index in [1.807, 2.05) is 10.8 Å². The van der Waals surface area contributed by atoms with E-state index in [1.165, 1.54) is 11.3 Å². The standard InChI is InChI=1S/C9H12O3S/c1-2-12-9(11)5-8(10)7-3-4-13-6-7/h3-4,6,8,10H,2,5H2,1H3/t8-/m1/s1. The van der Waals surface area contributed by atoms with Gasteiger partial charge in [0, 0.05) is 0 Å². The highest BCUT2D eigenvalue weighted by atomic mass is 32.1. The van der Waals surface area contributed by atoms with Crippen molar-refractivity contribution in [2.24, 2.45) is 0 Å². The molecule has 0 spiro atoms. The van der Waals surface area contributed by atoms with Crippen LogP contribution in [0.2, 0.25) is 0 Å². The zero-order valence-corrected chi connectivity index (χ0v) is 8.21. The number of carbonyl (C=O) groups is 1. The van der Waals surface area contributed by atoms with Crippen LogP contribution >= 0.6 is 11.3 Å². The van der Waals surface area contributed by atoms with Gasteiger partial charge in [0.1, 0.15) is 0 Å². The molecule has 0 aliphatic heterocycles. The van der Waals surface area contributed by atoms with Crippen molar-refractivity contribution in [1.82, 2.24) is 0 Å². The summed E-state index contributed by atoms with van der Waals surface area (Å²) < 4.78 is 4.72. The topological polar surface area (TPSA) is 46.5 Å². The van der Waals surface area contributed by atoms with Crippen LogP contribution in [0.1, 0.15) is 25.0 Å². The van der Waals surface area contributed by atoms with Gasteiger partial charge in [-0.25, -0.2) is 0 Å². The number of aliphatic hydroxyl groups is 1. The van der Waals surface area contributed by atoms with Crippen LogP contribution in [0.3, 0.4) is 0 Å². The van der Waals surface area contributed by atoms with Gasteiger partial charge in [-0.1, -0.05) is 0 Å². The Morgan fingerprint density at radius 3 is 3.08 bits per heavy atom. The van der Waals surface area contributed by atoms with Crippen molar-refractivity contribution in [3.8, 4) is 0 Å². The number of thiophene rings is 1. The molecular formula is C9H12O3S. The molecule has 1 rings (SSSR count). The average Bonchev–Trinajstić information content (AvgIpc) is 2.55. The van der Waals surface area contributed by atoms with E-state index >= 15 is 0 Å². The monoisotopic (exact) mass is 200 g/mol. The first-order chi connectivity index (χ1) is 6.24. The SMILES string of the molecule is CCOC(=O)C[C@@H](O)c1ccsc1. The number of hydrogen-bond acceptors (Lipinski definition) is 4. The van der Waals surface area contributed by atoms with Gasteiger partial charge < -0.3 is 9.84 Å². The van der Waals surface area contributed by atoms with Crippen LogP contribution in [0.15, 0.2) is 16.8 Å². The van der Waals surface area contributed by atoms with Gasteiger partial charge in [-0.15, -0.1) is 0 Å². The second-order valence-electron chi connectivity index (χ2n) is 2.58. The quantitative estimate of drug-likeness (QED) is 0.753. The predicted octanol–water partition coefficient (Wildman–Crippen LogP) is 1.73. The highest BCUT2D eigenvalue weighted by Gasteiger charge is 2.13. The molecule has 1 aromatic heterocycles. The number of carbonyl (C=O) groups excluding carboxylic acids is 1. The third-order valence-electron chi connectivity index (χ3n) is 1.59. The maximum Gasteiger partial charge on any atom is 0.308 e. The summed E-state index contributed by atoms with van der Waals surface area (Å²) in [5.41, 5.74) is 0.776. The first-order valence-electron chi connectivity index (χ1n) is 4.09. The van der Waals surface area contributed by atoms with Crippen molar-refractivity contribution in [3.05, 3.63) is 22.4 Å². The lowest BCUT2D eigenvalue weighted by Gasteiger charge is -2.07. The Balaban J connectivity index is 2.42. The van der Waals surface area contributed by atoms with Crippen molar-refractivity contribution >= 4 is 17.3 Å². The van der Waals surface area contributed by atoms with Gasteiger partial charge >= 0.3 is 5.97 Å². The van der Waals surface area contributed by atoms with Crippen LogP contribution in [-0.4, -0.2) is 17.7 Å². The van der Waals surface area contributed by atoms with E-state index in [9.17, 15) is 9.90 Å². The summed E-state index contributed by atoms with van der Waals surface area (Å²) in [7, 11) is 0. The Bertz CT molecular complexity index is 256. The normalized spacial score (nSPS) is 12.5. The van der Waals surface area contributed by atoms with Crippen LogP contribution in [0.25, 0.3) is 0 Å². The summed E-state index contributed by atoms with van der Waals surface area (Å²) >= 11 is 1.50. The van der Waals surface area contributed by atoms with Gasteiger partial charge in [0.2, 0.25) is 0 Å². The highest BCUT2D eigenvalue weighted by molar-refractivity contribution is 7.07. The molecule has 1 aromatic rings. The Morgan fingerprint density at radius 1 is 1.77 bits per heavy atom. The van der Waals surface area contributed by atoms with Crippen molar-refractivity contribution < 1.29 is 14.6 Å². The van der Waals surface area contributed by atoms with Crippen LogP contribution in [0, 0.1) is 0 Å². The lowest BCUT2D eigenvalue weighted by atomic mass is 10.1. The second-order valence-corrected chi connectivity index (χ2v) is 3.36. The molecule has 0 saturated heterocycles. The van der Waals surface area contributed by atoms with Crippen LogP contribution in [0.4, 0.5) is 0 Å². The average molecular weight is 200 g/mol.